The van der Waals surface area contributed by atoms with Gasteiger partial charge in [-0.05, 0) is 31.9 Å². The predicted molar refractivity (Wildman–Crippen MR) is 101 cm³/mol. The SMILES string of the molecule is C[C@H](NC(=O)Cn1c(=O)c(C#N)c2n(c1=O)CCC2)c1cc2ccccc2o1. The number of hydrogen-bond donors (Lipinski definition) is 1. The van der Waals surface area contributed by atoms with Gasteiger partial charge in [-0.2, -0.15) is 5.26 Å². The van der Waals surface area contributed by atoms with E-state index in [1.54, 1.807) is 6.92 Å². The highest BCUT2D eigenvalue weighted by Crippen LogP contribution is 2.23. The first-order chi connectivity index (χ1) is 13.5. The van der Waals surface area contributed by atoms with Crippen LogP contribution in [0.5, 0.6) is 0 Å². The van der Waals surface area contributed by atoms with E-state index in [9.17, 15) is 19.6 Å². The largest absolute Gasteiger partial charge is 0.459 e. The van der Waals surface area contributed by atoms with Crippen LogP contribution in [0.2, 0.25) is 0 Å². The van der Waals surface area contributed by atoms with Gasteiger partial charge in [0.25, 0.3) is 5.56 Å². The number of benzene rings is 1. The molecule has 3 heterocycles. The number of amides is 1. The van der Waals surface area contributed by atoms with Crippen LogP contribution in [0.1, 0.15) is 36.4 Å². The van der Waals surface area contributed by atoms with Crippen LogP contribution in [0.4, 0.5) is 0 Å². The molecule has 0 saturated heterocycles. The molecular weight excluding hydrogens is 360 g/mol. The third-order valence-electron chi connectivity index (χ3n) is 4.99. The van der Waals surface area contributed by atoms with Gasteiger partial charge in [0.05, 0.1) is 6.04 Å². The van der Waals surface area contributed by atoms with Crippen molar-refractivity contribution in [2.75, 3.05) is 0 Å². The summed E-state index contributed by atoms with van der Waals surface area (Å²) in [5.41, 5.74) is -0.152. The highest BCUT2D eigenvalue weighted by Gasteiger charge is 2.24. The minimum absolute atomic E-state index is 0.0600. The Morgan fingerprint density at radius 2 is 2.14 bits per heavy atom. The Bertz CT molecular complexity index is 1210. The van der Waals surface area contributed by atoms with Crippen LogP contribution in [0, 0.1) is 11.3 Å². The Morgan fingerprint density at radius 3 is 2.89 bits per heavy atom. The fourth-order valence-electron chi connectivity index (χ4n) is 3.61. The zero-order chi connectivity index (χ0) is 19.8. The van der Waals surface area contributed by atoms with Crippen molar-refractivity contribution in [1.82, 2.24) is 14.5 Å². The first kappa shape index (κ1) is 17.8. The lowest BCUT2D eigenvalue weighted by atomic mass is 10.2. The third-order valence-corrected chi connectivity index (χ3v) is 4.99. The highest BCUT2D eigenvalue weighted by molar-refractivity contribution is 5.79. The van der Waals surface area contributed by atoms with Crippen molar-refractivity contribution in [2.24, 2.45) is 0 Å². The molecule has 0 bridgehead atoms. The maximum atomic E-state index is 12.6. The average Bonchev–Trinajstić information content (AvgIpc) is 3.32. The van der Waals surface area contributed by atoms with Gasteiger partial charge < -0.3 is 9.73 Å². The molecule has 1 aliphatic rings. The molecule has 1 aromatic carbocycles. The van der Waals surface area contributed by atoms with E-state index in [0.29, 0.717) is 36.4 Å². The van der Waals surface area contributed by atoms with Crippen molar-refractivity contribution in [2.45, 2.75) is 38.9 Å². The van der Waals surface area contributed by atoms with Crippen LogP contribution < -0.4 is 16.6 Å². The van der Waals surface area contributed by atoms with Crippen LogP contribution in [0.25, 0.3) is 11.0 Å². The van der Waals surface area contributed by atoms with Gasteiger partial charge in [-0.3, -0.25) is 14.2 Å². The lowest BCUT2D eigenvalue weighted by Gasteiger charge is -2.13. The molecule has 28 heavy (non-hydrogen) atoms. The third kappa shape index (κ3) is 2.91. The van der Waals surface area contributed by atoms with Crippen LogP contribution in [-0.2, 0) is 24.3 Å². The summed E-state index contributed by atoms with van der Waals surface area (Å²) in [6.07, 6.45) is 1.21. The number of aromatic nitrogens is 2. The Balaban J connectivity index is 1.58. The van der Waals surface area contributed by atoms with Crippen molar-refractivity contribution in [1.29, 1.82) is 5.26 Å². The van der Waals surface area contributed by atoms with Crippen LogP contribution in [0.15, 0.2) is 44.3 Å². The minimum atomic E-state index is -0.716. The number of nitrogens with zero attached hydrogens (tertiary/aromatic N) is 3. The lowest BCUT2D eigenvalue weighted by Crippen LogP contribution is -2.45. The van der Waals surface area contributed by atoms with Crippen molar-refractivity contribution in [3.05, 3.63) is 68.2 Å². The van der Waals surface area contributed by atoms with E-state index in [0.717, 1.165) is 9.95 Å². The van der Waals surface area contributed by atoms with E-state index in [4.69, 9.17) is 4.42 Å². The quantitative estimate of drug-likeness (QED) is 0.739. The summed E-state index contributed by atoms with van der Waals surface area (Å²) in [4.78, 5) is 37.6. The van der Waals surface area contributed by atoms with E-state index in [-0.39, 0.29) is 5.56 Å². The summed E-state index contributed by atoms with van der Waals surface area (Å²) in [6, 6.07) is 10.8. The first-order valence-electron chi connectivity index (χ1n) is 9.04. The smallest absolute Gasteiger partial charge is 0.331 e. The topological polar surface area (TPSA) is 110 Å². The Hall–Kier alpha value is -3.60. The average molecular weight is 378 g/mol. The van der Waals surface area contributed by atoms with Crippen molar-refractivity contribution in [3.8, 4) is 6.07 Å². The molecule has 142 valence electrons. The van der Waals surface area contributed by atoms with Crippen molar-refractivity contribution in [3.63, 3.8) is 0 Å². The summed E-state index contributed by atoms with van der Waals surface area (Å²) in [5.74, 6) is 0.0693. The fourth-order valence-corrected chi connectivity index (χ4v) is 3.61. The number of fused-ring (bicyclic) bond motifs is 2. The number of nitriles is 1. The molecule has 8 nitrogen and oxygen atoms in total. The van der Waals surface area contributed by atoms with Gasteiger partial charge in [-0.15, -0.1) is 0 Å². The lowest BCUT2D eigenvalue weighted by molar-refractivity contribution is -0.122. The molecule has 8 heteroatoms. The van der Waals surface area contributed by atoms with Crippen molar-refractivity contribution < 1.29 is 9.21 Å². The predicted octanol–water partition coefficient (Wildman–Crippen LogP) is 1.45. The van der Waals surface area contributed by atoms with Gasteiger partial charge in [0.1, 0.15) is 29.5 Å². The van der Waals surface area contributed by atoms with Gasteiger partial charge in [0.2, 0.25) is 5.91 Å². The standard InChI is InChI=1S/C20H18N4O4/c1-12(17-9-13-5-2-3-7-16(13)28-17)22-18(25)11-24-19(26)14(10-21)15-6-4-8-23(15)20(24)27/h2-3,5,7,9,12H,4,6,8,11H2,1H3,(H,22,25)/t12-/m0/s1. The van der Waals surface area contributed by atoms with E-state index in [2.05, 4.69) is 5.32 Å². The second kappa shape index (κ2) is 6.85. The highest BCUT2D eigenvalue weighted by atomic mass is 16.3. The summed E-state index contributed by atoms with van der Waals surface area (Å²) in [6.45, 7) is 1.76. The number of nitrogens with one attached hydrogen (secondary N) is 1. The zero-order valence-electron chi connectivity index (χ0n) is 15.3. The molecule has 0 fully saturated rings. The molecule has 0 spiro atoms. The van der Waals surface area contributed by atoms with Gasteiger partial charge in [-0.25, -0.2) is 9.36 Å². The number of carbonyl (C=O) groups is 1. The fraction of sp³-hybridized carbons (Fsp3) is 0.300. The van der Waals surface area contributed by atoms with E-state index in [1.807, 2.05) is 36.4 Å². The molecule has 0 saturated carbocycles. The Kier molecular flexibility index (Phi) is 4.35. The van der Waals surface area contributed by atoms with Crippen molar-refractivity contribution >= 4 is 16.9 Å². The molecule has 1 atom stereocenters. The summed E-state index contributed by atoms with van der Waals surface area (Å²) < 4.78 is 7.97. The Morgan fingerprint density at radius 1 is 1.36 bits per heavy atom. The van der Waals surface area contributed by atoms with Crippen LogP contribution in [-0.4, -0.2) is 15.0 Å². The first-order valence-corrected chi connectivity index (χ1v) is 9.04. The van der Waals surface area contributed by atoms with E-state index >= 15 is 0 Å². The summed E-state index contributed by atoms with van der Waals surface area (Å²) in [5, 5.41) is 13.0. The molecule has 0 unspecified atom stereocenters. The molecule has 4 rings (SSSR count). The second-order valence-corrected chi connectivity index (χ2v) is 6.84. The van der Waals surface area contributed by atoms with Gasteiger partial charge in [0.15, 0.2) is 0 Å². The minimum Gasteiger partial charge on any atom is -0.459 e. The van der Waals surface area contributed by atoms with Crippen LogP contribution in [0.3, 0.4) is 0 Å². The normalized spacial score (nSPS) is 13.9. The van der Waals surface area contributed by atoms with Gasteiger partial charge >= 0.3 is 5.69 Å². The number of hydrogen-bond acceptors (Lipinski definition) is 5. The monoisotopic (exact) mass is 378 g/mol. The molecule has 0 aliphatic carbocycles. The maximum absolute atomic E-state index is 12.6. The van der Waals surface area contributed by atoms with Gasteiger partial charge in [-0.1, -0.05) is 18.2 Å². The number of para-hydroxylation sites is 1. The van der Waals surface area contributed by atoms with E-state index < -0.39 is 29.7 Å². The van der Waals surface area contributed by atoms with Gasteiger partial charge in [0, 0.05) is 17.6 Å². The zero-order valence-corrected chi connectivity index (χ0v) is 15.3. The molecule has 1 aliphatic heterocycles. The molecule has 1 N–H and O–H groups in total. The van der Waals surface area contributed by atoms with E-state index in [1.165, 1.54) is 4.57 Å². The molecular formula is C20H18N4O4. The van der Waals surface area contributed by atoms with Crippen LogP contribution >= 0.6 is 0 Å². The number of rotatable bonds is 4. The summed E-state index contributed by atoms with van der Waals surface area (Å²) >= 11 is 0. The second-order valence-electron chi connectivity index (χ2n) is 6.84. The number of carbonyl (C=O) groups excluding carboxylic acids is 1. The number of furan rings is 1. The Labute approximate surface area is 159 Å². The maximum Gasteiger partial charge on any atom is 0.331 e. The molecule has 2 aromatic heterocycles. The molecule has 3 aromatic rings. The molecule has 0 radical (unpaired) electrons. The summed E-state index contributed by atoms with van der Waals surface area (Å²) in [7, 11) is 0. The molecule has 1 amide bonds.